The van der Waals surface area contributed by atoms with Crippen LogP contribution in [0.25, 0.3) is 5.69 Å². The maximum Gasteiger partial charge on any atom is 0.106 e. The summed E-state index contributed by atoms with van der Waals surface area (Å²) in [7, 11) is 1.80. The Morgan fingerprint density at radius 3 is 2.71 bits per heavy atom. The van der Waals surface area contributed by atoms with Crippen LogP contribution >= 0.6 is 11.6 Å². The lowest BCUT2D eigenvalue weighted by Crippen LogP contribution is -2.29. The van der Waals surface area contributed by atoms with Gasteiger partial charge in [0.05, 0.1) is 16.8 Å². The van der Waals surface area contributed by atoms with Gasteiger partial charge in [-0.2, -0.15) is 5.10 Å². The lowest BCUT2D eigenvalue weighted by atomic mass is 9.92. The molecule has 0 aliphatic heterocycles. The quantitative estimate of drug-likeness (QED) is 0.931. The fourth-order valence-electron chi connectivity index (χ4n) is 2.93. The van der Waals surface area contributed by atoms with Gasteiger partial charge >= 0.3 is 0 Å². The van der Waals surface area contributed by atoms with E-state index in [0.717, 1.165) is 37.1 Å². The zero-order valence-electron chi connectivity index (χ0n) is 12.1. The SMILES string of the molecule is COC1CCC(Nc2cccc(Cl)c2-n2cccn2)CC1. The first-order valence-corrected chi connectivity index (χ1v) is 7.73. The molecule has 1 aromatic carbocycles. The second-order valence-corrected chi connectivity index (χ2v) is 5.85. The van der Waals surface area contributed by atoms with E-state index in [-0.39, 0.29) is 0 Å². The van der Waals surface area contributed by atoms with Crippen molar-refractivity contribution < 1.29 is 4.74 Å². The van der Waals surface area contributed by atoms with Crippen LogP contribution in [0.3, 0.4) is 0 Å². The molecule has 1 fully saturated rings. The van der Waals surface area contributed by atoms with Crippen molar-refractivity contribution in [3.63, 3.8) is 0 Å². The summed E-state index contributed by atoms with van der Waals surface area (Å²) in [6.45, 7) is 0. The number of nitrogens with zero attached hydrogens (tertiary/aromatic N) is 2. The third kappa shape index (κ3) is 3.22. The number of halogens is 1. The number of aromatic nitrogens is 2. The molecular weight excluding hydrogens is 286 g/mol. The first kappa shape index (κ1) is 14.4. The van der Waals surface area contributed by atoms with Crippen LogP contribution in [0.5, 0.6) is 0 Å². The van der Waals surface area contributed by atoms with Gasteiger partial charge in [-0.25, -0.2) is 4.68 Å². The van der Waals surface area contributed by atoms with Crippen LogP contribution in [-0.2, 0) is 4.74 Å². The summed E-state index contributed by atoms with van der Waals surface area (Å²) in [4.78, 5) is 0. The average Bonchev–Trinajstić information content (AvgIpc) is 3.02. The van der Waals surface area contributed by atoms with Crippen LogP contribution in [0.4, 0.5) is 5.69 Å². The van der Waals surface area contributed by atoms with Gasteiger partial charge in [0.2, 0.25) is 0 Å². The standard InChI is InChI=1S/C16H20ClN3O/c1-21-13-8-6-12(7-9-13)19-15-5-2-4-14(17)16(15)20-11-3-10-18-20/h2-5,10-13,19H,6-9H2,1H3. The van der Waals surface area contributed by atoms with Gasteiger partial charge in [-0.05, 0) is 43.9 Å². The topological polar surface area (TPSA) is 39.1 Å². The summed E-state index contributed by atoms with van der Waals surface area (Å²) in [5.74, 6) is 0. The number of rotatable bonds is 4. The molecule has 1 saturated carbocycles. The van der Waals surface area contributed by atoms with E-state index in [2.05, 4.69) is 16.5 Å². The largest absolute Gasteiger partial charge is 0.381 e. The first-order valence-electron chi connectivity index (χ1n) is 7.36. The van der Waals surface area contributed by atoms with E-state index in [1.807, 2.05) is 29.1 Å². The van der Waals surface area contributed by atoms with E-state index in [1.165, 1.54) is 0 Å². The van der Waals surface area contributed by atoms with E-state index in [4.69, 9.17) is 16.3 Å². The lowest BCUT2D eigenvalue weighted by molar-refractivity contribution is 0.0682. The van der Waals surface area contributed by atoms with Crippen LogP contribution in [0.15, 0.2) is 36.7 Å². The Balaban J connectivity index is 1.79. The van der Waals surface area contributed by atoms with Gasteiger partial charge in [0.15, 0.2) is 0 Å². The zero-order chi connectivity index (χ0) is 14.7. The van der Waals surface area contributed by atoms with E-state index in [1.54, 1.807) is 13.3 Å². The Labute approximate surface area is 130 Å². The molecule has 0 saturated heterocycles. The predicted molar refractivity (Wildman–Crippen MR) is 85.2 cm³/mol. The van der Waals surface area contributed by atoms with Crippen LogP contribution in [0.1, 0.15) is 25.7 Å². The van der Waals surface area contributed by atoms with Crippen molar-refractivity contribution in [1.82, 2.24) is 9.78 Å². The molecule has 0 amide bonds. The van der Waals surface area contributed by atoms with E-state index in [9.17, 15) is 0 Å². The predicted octanol–water partition coefficient (Wildman–Crippen LogP) is 3.90. The normalized spacial score (nSPS) is 22.2. The van der Waals surface area contributed by atoms with Gasteiger partial charge in [-0.15, -0.1) is 0 Å². The van der Waals surface area contributed by atoms with Gasteiger partial charge in [-0.3, -0.25) is 0 Å². The highest BCUT2D eigenvalue weighted by atomic mass is 35.5. The molecule has 1 aromatic heterocycles. The van der Waals surface area contributed by atoms with E-state index in [0.29, 0.717) is 17.2 Å². The third-order valence-corrected chi connectivity index (χ3v) is 4.39. The number of nitrogens with one attached hydrogen (secondary N) is 1. The number of anilines is 1. The summed E-state index contributed by atoms with van der Waals surface area (Å²) in [6, 6.07) is 8.29. The van der Waals surface area contributed by atoms with Gasteiger partial charge in [-0.1, -0.05) is 17.7 Å². The number of hydrogen-bond acceptors (Lipinski definition) is 3. The van der Waals surface area contributed by atoms with Crippen molar-refractivity contribution in [2.75, 3.05) is 12.4 Å². The second kappa shape index (κ2) is 6.50. The molecule has 2 aromatic rings. The smallest absolute Gasteiger partial charge is 0.106 e. The van der Waals surface area contributed by atoms with Crippen LogP contribution in [0, 0.1) is 0 Å². The highest BCUT2D eigenvalue weighted by Crippen LogP contribution is 2.31. The van der Waals surface area contributed by atoms with Crippen LogP contribution in [0.2, 0.25) is 5.02 Å². The Kier molecular flexibility index (Phi) is 4.46. The second-order valence-electron chi connectivity index (χ2n) is 5.44. The zero-order valence-corrected chi connectivity index (χ0v) is 12.9. The number of ether oxygens (including phenoxy) is 1. The van der Waals surface area contributed by atoms with Crippen molar-refractivity contribution in [2.24, 2.45) is 0 Å². The molecule has 0 spiro atoms. The molecule has 4 nitrogen and oxygen atoms in total. The Morgan fingerprint density at radius 1 is 1.24 bits per heavy atom. The highest BCUT2D eigenvalue weighted by Gasteiger charge is 2.22. The Bertz CT molecular complexity index is 577. The fraction of sp³-hybridized carbons (Fsp3) is 0.438. The minimum atomic E-state index is 0.410. The monoisotopic (exact) mass is 305 g/mol. The Morgan fingerprint density at radius 2 is 2.05 bits per heavy atom. The summed E-state index contributed by atoms with van der Waals surface area (Å²) >= 11 is 6.36. The van der Waals surface area contributed by atoms with Gasteiger partial charge < -0.3 is 10.1 Å². The molecular formula is C16H20ClN3O. The minimum absolute atomic E-state index is 0.410. The summed E-state index contributed by atoms with van der Waals surface area (Å²) in [6.07, 6.45) is 8.52. The summed E-state index contributed by atoms with van der Waals surface area (Å²) < 4.78 is 7.24. The molecule has 1 aliphatic carbocycles. The number of benzene rings is 1. The van der Waals surface area contributed by atoms with E-state index >= 15 is 0 Å². The minimum Gasteiger partial charge on any atom is -0.381 e. The number of methoxy groups -OCH3 is 1. The fourth-order valence-corrected chi connectivity index (χ4v) is 3.19. The van der Waals surface area contributed by atoms with Crippen molar-refractivity contribution >= 4 is 17.3 Å². The van der Waals surface area contributed by atoms with Crippen molar-refractivity contribution in [2.45, 2.75) is 37.8 Å². The van der Waals surface area contributed by atoms with Crippen molar-refractivity contribution in [1.29, 1.82) is 0 Å². The summed E-state index contributed by atoms with van der Waals surface area (Å²) in [5, 5.41) is 8.62. The van der Waals surface area contributed by atoms with Gasteiger partial charge in [0.1, 0.15) is 5.69 Å². The van der Waals surface area contributed by atoms with E-state index < -0.39 is 0 Å². The molecule has 0 unspecified atom stereocenters. The molecule has 0 radical (unpaired) electrons. The number of hydrogen-bond donors (Lipinski definition) is 1. The third-order valence-electron chi connectivity index (χ3n) is 4.09. The average molecular weight is 306 g/mol. The molecule has 1 heterocycles. The molecule has 1 N–H and O–H groups in total. The molecule has 5 heteroatoms. The van der Waals surface area contributed by atoms with Crippen LogP contribution in [-0.4, -0.2) is 29.0 Å². The van der Waals surface area contributed by atoms with Gasteiger partial charge in [0, 0.05) is 25.5 Å². The molecule has 112 valence electrons. The lowest BCUT2D eigenvalue weighted by Gasteiger charge is -2.29. The van der Waals surface area contributed by atoms with Gasteiger partial charge in [0.25, 0.3) is 0 Å². The molecule has 21 heavy (non-hydrogen) atoms. The van der Waals surface area contributed by atoms with Crippen molar-refractivity contribution in [3.05, 3.63) is 41.7 Å². The highest BCUT2D eigenvalue weighted by molar-refractivity contribution is 6.33. The molecule has 3 rings (SSSR count). The maximum atomic E-state index is 6.36. The summed E-state index contributed by atoms with van der Waals surface area (Å²) in [5.41, 5.74) is 1.95. The van der Waals surface area contributed by atoms with Crippen LogP contribution < -0.4 is 5.32 Å². The van der Waals surface area contributed by atoms with Crippen molar-refractivity contribution in [3.8, 4) is 5.69 Å². The number of para-hydroxylation sites is 1. The Hall–Kier alpha value is -1.52. The maximum absolute atomic E-state index is 6.36. The molecule has 0 atom stereocenters. The molecule has 1 aliphatic rings. The molecule has 0 bridgehead atoms. The first-order chi connectivity index (χ1) is 10.3.